The third-order valence-corrected chi connectivity index (χ3v) is 7.91. The summed E-state index contributed by atoms with van der Waals surface area (Å²) in [6.07, 6.45) is 2.18. The maximum Gasteiger partial charge on any atom is 0.398 e. The van der Waals surface area contributed by atoms with Gasteiger partial charge in [0.15, 0.2) is 0 Å². The van der Waals surface area contributed by atoms with Crippen LogP contribution in [0.5, 0.6) is 0 Å². The Kier molecular flexibility index (Phi) is 8.72. The van der Waals surface area contributed by atoms with Crippen molar-refractivity contribution >= 4 is 17.5 Å². The van der Waals surface area contributed by atoms with E-state index in [-0.39, 0.29) is 18.3 Å². The third kappa shape index (κ3) is 6.43. The van der Waals surface area contributed by atoms with Gasteiger partial charge in [0.25, 0.3) is 0 Å². The molecule has 0 bridgehead atoms. The van der Waals surface area contributed by atoms with Crippen molar-refractivity contribution in [2.24, 2.45) is 5.92 Å². The number of ketones is 1. The van der Waals surface area contributed by atoms with Crippen LogP contribution in [0.25, 0.3) is 0 Å². The monoisotopic (exact) mass is 517 g/mol. The second-order valence-electron chi connectivity index (χ2n) is 10.5. The number of anilines is 2. The summed E-state index contributed by atoms with van der Waals surface area (Å²) in [6.45, 7) is 6.26. The number of hydrogen-bond donors (Lipinski definition) is 2. The summed E-state index contributed by atoms with van der Waals surface area (Å²) in [5.41, 5.74) is 9.83. The van der Waals surface area contributed by atoms with Crippen LogP contribution in [0.3, 0.4) is 0 Å². The summed E-state index contributed by atoms with van der Waals surface area (Å²) < 4.78 is 36.5. The summed E-state index contributed by atoms with van der Waals surface area (Å²) in [5, 5.41) is 3.42. The molecule has 202 valence electrons. The molecule has 2 aliphatic carbocycles. The number of fused-ring (bicyclic) bond motifs is 1. The number of alkyl halides is 3. The van der Waals surface area contributed by atoms with Crippen LogP contribution in [-0.2, 0) is 16.6 Å². The molecule has 2 unspecified atom stereocenters. The van der Waals surface area contributed by atoms with Gasteiger partial charge in [0.1, 0.15) is 17.5 Å². The molecule has 6 nitrogen and oxygen atoms in total. The fraction of sp³-hybridized carbons (Fsp3) is 0.607. The zero-order valence-corrected chi connectivity index (χ0v) is 21.6. The molecule has 2 atom stereocenters. The van der Waals surface area contributed by atoms with Crippen LogP contribution in [0, 0.1) is 5.92 Å². The van der Waals surface area contributed by atoms with E-state index in [2.05, 4.69) is 52.5 Å². The first kappa shape index (κ1) is 27.4. The zero-order valence-electron chi connectivity index (χ0n) is 21.6. The van der Waals surface area contributed by atoms with Gasteiger partial charge >= 0.3 is 6.18 Å². The Morgan fingerprint density at radius 2 is 1.70 bits per heavy atom. The predicted octanol–water partition coefficient (Wildman–Crippen LogP) is 5.20. The highest BCUT2D eigenvalue weighted by molar-refractivity contribution is 5.81. The molecule has 5 rings (SSSR count). The lowest BCUT2D eigenvalue weighted by Gasteiger charge is -2.34. The van der Waals surface area contributed by atoms with Crippen LogP contribution in [0.2, 0.25) is 0 Å². The van der Waals surface area contributed by atoms with E-state index in [1.165, 1.54) is 24.0 Å². The zero-order chi connectivity index (χ0) is 26.5. The summed E-state index contributed by atoms with van der Waals surface area (Å²) in [5.74, 6) is -0.843. The minimum atomic E-state index is -4.32. The van der Waals surface area contributed by atoms with E-state index < -0.39 is 17.9 Å². The van der Waals surface area contributed by atoms with E-state index in [9.17, 15) is 18.0 Å². The van der Waals surface area contributed by atoms with Gasteiger partial charge in [-0.2, -0.15) is 18.2 Å². The predicted molar refractivity (Wildman–Crippen MR) is 140 cm³/mol. The molecule has 0 amide bonds. The van der Waals surface area contributed by atoms with E-state index in [0.29, 0.717) is 18.8 Å². The lowest BCUT2D eigenvalue weighted by molar-refractivity contribution is -0.181. The van der Waals surface area contributed by atoms with Crippen molar-refractivity contribution in [2.75, 3.05) is 36.8 Å². The van der Waals surface area contributed by atoms with Crippen molar-refractivity contribution in [3.8, 4) is 0 Å². The van der Waals surface area contributed by atoms with Crippen molar-refractivity contribution in [1.29, 1.82) is 0 Å². The van der Waals surface area contributed by atoms with Crippen molar-refractivity contribution in [1.82, 2.24) is 15.3 Å². The Hall–Kier alpha value is -2.68. The molecule has 37 heavy (non-hydrogen) atoms. The topological polar surface area (TPSA) is 84.1 Å². The highest BCUT2D eigenvalue weighted by atomic mass is 19.4. The van der Waals surface area contributed by atoms with Crippen molar-refractivity contribution in [2.45, 2.75) is 76.3 Å². The second kappa shape index (κ2) is 11.8. The number of nitrogen functional groups attached to an aromatic ring is 1. The van der Waals surface area contributed by atoms with Crippen LogP contribution in [0.4, 0.5) is 24.9 Å². The molecule has 1 aromatic heterocycles. The van der Waals surface area contributed by atoms with Gasteiger partial charge in [0.2, 0.25) is 5.95 Å². The summed E-state index contributed by atoms with van der Waals surface area (Å²) in [7, 11) is 0. The number of Topliss-reactive ketones (excluding diaryl/α,β-unsaturated/α-hetero) is 1. The minimum absolute atomic E-state index is 0.0116. The number of carbonyl (C=O) groups is 1. The number of piperazine rings is 1. The average Bonchev–Trinajstić information content (AvgIpc) is 3.21. The number of carbonyl (C=O) groups excluding carboxylic acids is 1. The molecule has 1 saturated heterocycles. The van der Waals surface area contributed by atoms with Gasteiger partial charge in [-0.15, -0.1) is 0 Å². The summed E-state index contributed by atoms with van der Waals surface area (Å²) in [6, 6.07) is 10.8. The molecule has 0 spiro atoms. The van der Waals surface area contributed by atoms with Crippen molar-refractivity contribution in [3.05, 3.63) is 47.2 Å². The first-order valence-electron chi connectivity index (χ1n) is 13.5. The van der Waals surface area contributed by atoms with E-state index in [0.717, 1.165) is 57.0 Å². The molecular weight excluding hydrogens is 479 g/mol. The van der Waals surface area contributed by atoms with E-state index in [1.807, 2.05) is 0 Å². The van der Waals surface area contributed by atoms with Crippen molar-refractivity contribution < 1.29 is 18.0 Å². The number of nitrogens with zero attached hydrogens (tertiary/aromatic N) is 3. The van der Waals surface area contributed by atoms with Gasteiger partial charge in [-0.25, -0.2) is 4.98 Å². The maximum absolute atomic E-state index is 12.2. The number of nitrogens with two attached hydrogens (primary N) is 1. The number of hydrogen-bond acceptors (Lipinski definition) is 6. The molecule has 2 fully saturated rings. The highest BCUT2D eigenvalue weighted by Crippen LogP contribution is 2.43. The van der Waals surface area contributed by atoms with E-state index in [4.69, 9.17) is 10.7 Å². The van der Waals surface area contributed by atoms with Gasteiger partial charge in [-0.3, -0.25) is 4.79 Å². The van der Waals surface area contributed by atoms with Gasteiger partial charge < -0.3 is 16.0 Å². The first-order valence-corrected chi connectivity index (χ1v) is 13.5. The van der Waals surface area contributed by atoms with Gasteiger partial charge in [-0.05, 0) is 44.6 Å². The Balaban J connectivity index is 0.000000225. The number of rotatable bonds is 2. The smallest absolute Gasteiger partial charge is 0.368 e. The Labute approximate surface area is 217 Å². The van der Waals surface area contributed by atoms with E-state index >= 15 is 0 Å². The number of aromatic nitrogens is 2. The van der Waals surface area contributed by atoms with E-state index in [1.54, 1.807) is 0 Å². The van der Waals surface area contributed by atoms with Crippen LogP contribution in [-0.4, -0.2) is 48.1 Å². The highest BCUT2D eigenvalue weighted by Gasteiger charge is 2.44. The van der Waals surface area contributed by atoms with Gasteiger partial charge in [0, 0.05) is 43.6 Å². The molecule has 0 radical (unpaired) electrons. The fourth-order valence-corrected chi connectivity index (χ4v) is 5.81. The minimum Gasteiger partial charge on any atom is -0.368 e. The molecule has 9 heteroatoms. The lowest BCUT2D eigenvalue weighted by atomic mass is 9.75. The Morgan fingerprint density at radius 1 is 1.00 bits per heavy atom. The Bertz CT molecular complexity index is 1060. The molecule has 2 aromatic rings. The lowest BCUT2D eigenvalue weighted by Crippen LogP contribution is -2.44. The standard InChI is InChI=1S/C20H27N5.C8H11F3O/c1-20(15-7-3-2-4-8-15)10-6-5-9-16-17(20)23-19(21)24-18(16)25-13-11-22-12-14-25;9-8(10,11)6-4-2-1-3-5-7(6)12/h2-4,7-8,22H,5-6,9-14H2,1H3,(H2,21,23,24);6H,1-5H2. The first-order chi connectivity index (χ1) is 17.7. The molecule has 3 N–H and O–H groups in total. The van der Waals surface area contributed by atoms with Crippen LogP contribution >= 0.6 is 0 Å². The second-order valence-corrected chi connectivity index (χ2v) is 10.5. The molecular formula is C28H38F3N5O. The Morgan fingerprint density at radius 3 is 2.41 bits per heavy atom. The number of benzene rings is 1. The SMILES string of the molecule is CC1(c2ccccc2)CCCCc2c(N3CCNCC3)nc(N)nc21.O=C1CCCCCC1C(F)(F)F. The molecule has 1 saturated carbocycles. The summed E-state index contributed by atoms with van der Waals surface area (Å²) in [4.78, 5) is 22.8. The van der Waals surface area contributed by atoms with Crippen LogP contribution in [0.15, 0.2) is 30.3 Å². The summed E-state index contributed by atoms with van der Waals surface area (Å²) >= 11 is 0. The molecule has 1 aliphatic heterocycles. The quantitative estimate of drug-likeness (QED) is 0.421. The average molecular weight is 518 g/mol. The molecule has 1 aromatic carbocycles. The number of halogens is 3. The maximum atomic E-state index is 12.2. The van der Waals surface area contributed by atoms with Crippen molar-refractivity contribution in [3.63, 3.8) is 0 Å². The molecule has 3 aliphatic rings. The fourth-order valence-electron chi connectivity index (χ4n) is 5.81. The largest absolute Gasteiger partial charge is 0.398 e. The number of nitrogens with one attached hydrogen (secondary N) is 1. The van der Waals surface area contributed by atoms with Crippen LogP contribution < -0.4 is 16.0 Å². The van der Waals surface area contributed by atoms with Gasteiger partial charge in [0.05, 0.1) is 5.69 Å². The molecule has 2 heterocycles. The van der Waals surface area contributed by atoms with Crippen LogP contribution in [0.1, 0.15) is 75.1 Å². The van der Waals surface area contributed by atoms with Gasteiger partial charge in [-0.1, -0.05) is 49.6 Å². The normalized spacial score (nSPS) is 24.8. The third-order valence-electron chi connectivity index (χ3n) is 7.91.